The van der Waals surface area contributed by atoms with Crippen molar-refractivity contribution in [3.05, 3.63) is 23.8 Å². The van der Waals surface area contributed by atoms with E-state index < -0.39 is 5.97 Å². The Balaban J connectivity index is 2.04. The van der Waals surface area contributed by atoms with Crippen LogP contribution < -0.4 is 9.47 Å². The van der Waals surface area contributed by atoms with Crippen LogP contribution in [0.4, 0.5) is 0 Å². The average Bonchev–Trinajstić information content (AvgIpc) is 2.49. The van der Waals surface area contributed by atoms with E-state index in [0.717, 1.165) is 26.2 Å². The van der Waals surface area contributed by atoms with Crippen LogP contribution in [0.3, 0.4) is 0 Å². The Bertz CT molecular complexity index is 551. The van der Waals surface area contributed by atoms with Gasteiger partial charge >= 0.3 is 5.97 Å². The first-order chi connectivity index (χ1) is 10.5. The third-order valence-corrected chi connectivity index (χ3v) is 3.70. The summed E-state index contributed by atoms with van der Waals surface area (Å²) in [6.07, 6.45) is 0. The molecule has 0 aromatic heterocycles. The molecule has 0 N–H and O–H groups in total. The van der Waals surface area contributed by atoms with Gasteiger partial charge in [0.25, 0.3) is 0 Å². The summed E-state index contributed by atoms with van der Waals surface area (Å²) in [5.74, 6) is 0.331. The maximum absolute atomic E-state index is 12.4. The maximum Gasteiger partial charge on any atom is 0.308 e. The van der Waals surface area contributed by atoms with Gasteiger partial charge in [0, 0.05) is 38.7 Å². The number of Topliss-reactive ketones (excluding diaryl/α,β-unsaturated/α-hetero) is 1. The summed E-state index contributed by atoms with van der Waals surface area (Å²) in [7, 11) is 3.56. The summed E-state index contributed by atoms with van der Waals surface area (Å²) in [5.41, 5.74) is 0.562. The monoisotopic (exact) mass is 306 g/mol. The zero-order valence-electron chi connectivity index (χ0n) is 13.3. The molecule has 1 aliphatic heterocycles. The number of hydrogen-bond donors (Lipinski definition) is 0. The first-order valence-electron chi connectivity index (χ1n) is 7.30. The third-order valence-electron chi connectivity index (χ3n) is 3.70. The van der Waals surface area contributed by atoms with Gasteiger partial charge in [-0.15, -0.1) is 0 Å². The fourth-order valence-corrected chi connectivity index (χ4v) is 2.38. The summed E-state index contributed by atoms with van der Waals surface area (Å²) in [6.45, 7) is 5.45. The van der Waals surface area contributed by atoms with Crippen molar-refractivity contribution in [3.63, 3.8) is 0 Å². The van der Waals surface area contributed by atoms with Gasteiger partial charge < -0.3 is 14.4 Å². The second-order valence-corrected chi connectivity index (χ2v) is 5.46. The number of esters is 1. The summed E-state index contributed by atoms with van der Waals surface area (Å²) in [4.78, 5) is 27.8. The summed E-state index contributed by atoms with van der Waals surface area (Å²) in [5, 5.41) is 0. The molecular weight excluding hydrogens is 284 g/mol. The molecule has 1 aromatic carbocycles. The van der Waals surface area contributed by atoms with E-state index in [9.17, 15) is 9.59 Å². The van der Waals surface area contributed by atoms with Gasteiger partial charge in [-0.05, 0) is 25.2 Å². The molecule has 1 heterocycles. The van der Waals surface area contributed by atoms with Crippen LogP contribution in [0.15, 0.2) is 18.2 Å². The molecule has 0 radical (unpaired) electrons. The SMILES string of the molecule is COc1cc(C(=O)CN2CCN(C)CC2)ccc1OC(C)=O. The zero-order valence-corrected chi connectivity index (χ0v) is 13.3. The standard InChI is InChI=1S/C16H22N2O4/c1-12(19)22-15-5-4-13(10-16(15)21-3)14(20)11-18-8-6-17(2)7-9-18/h4-5,10H,6-9,11H2,1-3H3. The fourth-order valence-electron chi connectivity index (χ4n) is 2.38. The lowest BCUT2D eigenvalue weighted by Crippen LogP contribution is -2.46. The minimum Gasteiger partial charge on any atom is -0.493 e. The van der Waals surface area contributed by atoms with Gasteiger partial charge in [0.2, 0.25) is 0 Å². The van der Waals surface area contributed by atoms with Gasteiger partial charge in [-0.1, -0.05) is 0 Å². The second-order valence-electron chi connectivity index (χ2n) is 5.46. The highest BCUT2D eigenvalue weighted by Crippen LogP contribution is 2.28. The molecule has 0 unspecified atom stereocenters. The Morgan fingerprint density at radius 3 is 2.41 bits per heavy atom. The highest BCUT2D eigenvalue weighted by molar-refractivity contribution is 5.98. The molecular formula is C16H22N2O4. The largest absolute Gasteiger partial charge is 0.493 e. The Hall–Kier alpha value is -1.92. The summed E-state index contributed by atoms with van der Waals surface area (Å²) >= 11 is 0. The zero-order chi connectivity index (χ0) is 16.1. The van der Waals surface area contributed by atoms with Crippen LogP contribution in [-0.2, 0) is 4.79 Å². The molecule has 1 aromatic rings. The number of ether oxygens (including phenoxy) is 2. The topological polar surface area (TPSA) is 59.1 Å². The van der Waals surface area contributed by atoms with Gasteiger partial charge in [-0.2, -0.15) is 0 Å². The number of likely N-dealkylation sites (N-methyl/N-ethyl adjacent to an activating group) is 1. The molecule has 120 valence electrons. The number of methoxy groups -OCH3 is 1. The predicted molar refractivity (Wildman–Crippen MR) is 82.6 cm³/mol. The van der Waals surface area contributed by atoms with Crippen LogP contribution in [0, 0.1) is 0 Å². The summed E-state index contributed by atoms with van der Waals surface area (Å²) in [6, 6.07) is 4.88. The normalized spacial score (nSPS) is 16.3. The number of piperazine rings is 1. The van der Waals surface area contributed by atoms with E-state index in [0.29, 0.717) is 23.6 Å². The van der Waals surface area contributed by atoms with Gasteiger partial charge in [-0.25, -0.2) is 0 Å². The lowest BCUT2D eigenvalue weighted by Gasteiger charge is -2.31. The molecule has 2 rings (SSSR count). The summed E-state index contributed by atoms with van der Waals surface area (Å²) < 4.78 is 10.2. The fraction of sp³-hybridized carbons (Fsp3) is 0.500. The van der Waals surface area contributed by atoms with Gasteiger partial charge in [0.1, 0.15) is 0 Å². The van der Waals surface area contributed by atoms with E-state index in [-0.39, 0.29) is 5.78 Å². The minimum atomic E-state index is -0.421. The highest BCUT2D eigenvalue weighted by Gasteiger charge is 2.18. The number of rotatable bonds is 5. The Labute approximate surface area is 130 Å². The minimum absolute atomic E-state index is 0.0391. The maximum atomic E-state index is 12.4. The molecule has 0 spiro atoms. The molecule has 1 aliphatic rings. The van der Waals surface area contributed by atoms with Crippen molar-refractivity contribution >= 4 is 11.8 Å². The third kappa shape index (κ3) is 4.29. The van der Waals surface area contributed by atoms with E-state index in [1.54, 1.807) is 18.2 Å². The quantitative estimate of drug-likeness (QED) is 0.460. The first kappa shape index (κ1) is 16.5. The molecule has 1 saturated heterocycles. The lowest BCUT2D eigenvalue weighted by atomic mass is 10.1. The van der Waals surface area contributed by atoms with Crippen molar-refractivity contribution in [1.82, 2.24) is 9.80 Å². The smallest absolute Gasteiger partial charge is 0.308 e. The van der Waals surface area contributed by atoms with Gasteiger partial charge in [-0.3, -0.25) is 14.5 Å². The highest BCUT2D eigenvalue weighted by atomic mass is 16.6. The second kappa shape index (κ2) is 7.38. The van der Waals surface area contributed by atoms with Crippen LogP contribution in [0.2, 0.25) is 0 Å². The van der Waals surface area contributed by atoms with Crippen LogP contribution >= 0.6 is 0 Å². The molecule has 0 saturated carbocycles. The van der Waals surface area contributed by atoms with E-state index in [4.69, 9.17) is 9.47 Å². The van der Waals surface area contributed by atoms with Crippen molar-refractivity contribution in [2.75, 3.05) is 46.9 Å². The lowest BCUT2D eigenvalue weighted by molar-refractivity contribution is -0.132. The number of hydrogen-bond acceptors (Lipinski definition) is 6. The first-order valence-corrected chi connectivity index (χ1v) is 7.30. The molecule has 0 bridgehead atoms. The van der Waals surface area contributed by atoms with Gasteiger partial charge in [0.15, 0.2) is 17.3 Å². The van der Waals surface area contributed by atoms with Crippen LogP contribution in [0.1, 0.15) is 17.3 Å². The number of carbonyl (C=O) groups excluding carboxylic acids is 2. The van der Waals surface area contributed by atoms with Gasteiger partial charge in [0.05, 0.1) is 13.7 Å². The van der Waals surface area contributed by atoms with E-state index in [1.165, 1.54) is 14.0 Å². The van der Waals surface area contributed by atoms with E-state index >= 15 is 0 Å². The van der Waals surface area contributed by atoms with Crippen molar-refractivity contribution < 1.29 is 19.1 Å². The van der Waals surface area contributed by atoms with E-state index in [2.05, 4.69) is 16.8 Å². The molecule has 0 atom stereocenters. The molecule has 6 nitrogen and oxygen atoms in total. The Kier molecular flexibility index (Phi) is 5.51. The number of benzene rings is 1. The van der Waals surface area contributed by atoms with Crippen LogP contribution in [0.5, 0.6) is 11.5 Å². The number of ketones is 1. The predicted octanol–water partition coefficient (Wildman–Crippen LogP) is 1.05. The average molecular weight is 306 g/mol. The van der Waals surface area contributed by atoms with E-state index in [1.807, 2.05) is 0 Å². The Morgan fingerprint density at radius 2 is 1.82 bits per heavy atom. The molecule has 0 amide bonds. The van der Waals surface area contributed by atoms with Crippen LogP contribution in [-0.4, -0.2) is 68.4 Å². The molecule has 1 fully saturated rings. The molecule has 0 aliphatic carbocycles. The molecule has 6 heteroatoms. The Morgan fingerprint density at radius 1 is 1.14 bits per heavy atom. The van der Waals surface area contributed by atoms with Crippen LogP contribution in [0.25, 0.3) is 0 Å². The van der Waals surface area contributed by atoms with Crippen molar-refractivity contribution in [1.29, 1.82) is 0 Å². The van der Waals surface area contributed by atoms with Crippen molar-refractivity contribution in [2.24, 2.45) is 0 Å². The number of carbonyl (C=O) groups is 2. The molecule has 22 heavy (non-hydrogen) atoms. The number of nitrogens with zero attached hydrogens (tertiary/aromatic N) is 2. The van der Waals surface area contributed by atoms with Crippen molar-refractivity contribution in [3.8, 4) is 11.5 Å². The van der Waals surface area contributed by atoms with Crippen molar-refractivity contribution in [2.45, 2.75) is 6.92 Å².